The topological polar surface area (TPSA) is 39.2 Å². The van der Waals surface area contributed by atoms with Crippen LogP contribution in [0.1, 0.15) is 44.4 Å². The van der Waals surface area contributed by atoms with Gasteiger partial charge in [-0.3, -0.25) is 0 Å². The summed E-state index contributed by atoms with van der Waals surface area (Å²) in [5.74, 6) is 0.357. The third-order valence-electron chi connectivity index (χ3n) is 3.00. The van der Waals surface area contributed by atoms with Crippen LogP contribution >= 0.6 is 0 Å². The Bertz CT molecular complexity index is 492. The Morgan fingerprint density at radius 2 is 2.18 bits per heavy atom. The van der Waals surface area contributed by atoms with E-state index in [0.29, 0.717) is 11.3 Å². The fourth-order valence-electron chi connectivity index (χ4n) is 1.99. The van der Waals surface area contributed by atoms with Gasteiger partial charge >= 0.3 is 0 Å². The van der Waals surface area contributed by atoms with Crippen LogP contribution in [-0.2, 0) is 0 Å². The number of furan rings is 1. The Morgan fingerprint density at radius 3 is 2.88 bits per heavy atom. The summed E-state index contributed by atoms with van der Waals surface area (Å²) in [6.07, 6.45) is 4.30. The molecule has 1 heterocycles. The van der Waals surface area contributed by atoms with Gasteiger partial charge in [0.1, 0.15) is 5.76 Å². The predicted octanol–water partition coefficient (Wildman–Crippen LogP) is 4.15. The molecule has 1 aromatic carbocycles. The second-order valence-corrected chi connectivity index (χ2v) is 4.41. The lowest BCUT2D eigenvalue weighted by Crippen LogP contribution is -2.08. The zero-order valence-corrected chi connectivity index (χ0v) is 10.1. The standard InChI is InChI=1S/C14H18FNO/c1-2-3-4-8-12(16)13-9-10-6-5-7-11(15)14(10)17-13/h5-7,9,12H,2-4,8,16H2,1H3. The largest absolute Gasteiger partial charge is 0.456 e. The quantitative estimate of drug-likeness (QED) is 0.790. The summed E-state index contributed by atoms with van der Waals surface area (Å²) in [6, 6.07) is 6.63. The Balaban J connectivity index is 2.16. The molecule has 1 unspecified atom stereocenters. The normalized spacial score (nSPS) is 13.1. The van der Waals surface area contributed by atoms with Gasteiger partial charge in [-0.05, 0) is 18.6 Å². The van der Waals surface area contributed by atoms with Crippen LogP contribution in [0.2, 0.25) is 0 Å². The molecule has 0 bridgehead atoms. The van der Waals surface area contributed by atoms with Gasteiger partial charge in [0.25, 0.3) is 0 Å². The van der Waals surface area contributed by atoms with Gasteiger partial charge in [0.15, 0.2) is 11.4 Å². The van der Waals surface area contributed by atoms with E-state index >= 15 is 0 Å². The molecule has 0 aliphatic carbocycles. The van der Waals surface area contributed by atoms with E-state index in [9.17, 15) is 4.39 Å². The number of nitrogens with two attached hydrogens (primary N) is 1. The Morgan fingerprint density at radius 1 is 1.35 bits per heavy atom. The molecule has 0 fully saturated rings. The van der Waals surface area contributed by atoms with Gasteiger partial charge in [0.2, 0.25) is 0 Å². The number of benzene rings is 1. The van der Waals surface area contributed by atoms with Crippen molar-refractivity contribution < 1.29 is 8.81 Å². The molecule has 0 spiro atoms. The molecule has 17 heavy (non-hydrogen) atoms. The molecule has 2 nitrogen and oxygen atoms in total. The van der Waals surface area contributed by atoms with Gasteiger partial charge in [-0.1, -0.05) is 38.3 Å². The van der Waals surface area contributed by atoms with E-state index in [2.05, 4.69) is 6.92 Å². The minimum Gasteiger partial charge on any atom is -0.456 e. The number of hydrogen-bond acceptors (Lipinski definition) is 2. The van der Waals surface area contributed by atoms with Crippen molar-refractivity contribution in [3.8, 4) is 0 Å². The minimum atomic E-state index is -0.325. The third-order valence-corrected chi connectivity index (χ3v) is 3.00. The van der Waals surface area contributed by atoms with E-state index in [4.69, 9.17) is 10.2 Å². The number of halogens is 1. The highest BCUT2D eigenvalue weighted by atomic mass is 19.1. The fraction of sp³-hybridized carbons (Fsp3) is 0.429. The molecule has 1 aromatic heterocycles. The maximum atomic E-state index is 13.4. The first-order chi connectivity index (χ1) is 8.22. The van der Waals surface area contributed by atoms with Gasteiger partial charge in [-0.25, -0.2) is 4.39 Å². The molecular formula is C14H18FNO. The molecule has 2 aromatic rings. The van der Waals surface area contributed by atoms with Crippen LogP contribution < -0.4 is 5.73 Å². The summed E-state index contributed by atoms with van der Waals surface area (Å²) in [5.41, 5.74) is 6.35. The molecule has 2 N–H and O–H groups in total. The summed E-state index contributed by atoms with van der Waals surface area (Å²) in [5, 5.41) is 0.783. The maximum absolute atomic E-state index is 13.4. The van der Waals surface area contributed by atoms with E-state index in [1.807, 2.05) is 12.1 Å². The maximum Gasteiger partial charge on any atom is 0.169 e. The monoisotopic (exact) mass is 235 g/mol. The Labute approximate surface area is 101 Å². The van der Waals surface area contributed by atoms with Crippen molar-refractivity contribution in [2.24, 2.45) is 5.73 Å². The first-order valence-corrected chi connectivity index (χ1v) is 6.16. The van der Waals surface area contributed by atoms with Crippen LogP contribution in [0.25, 0.3) is 11.0 Å². The van der Waals surface area contributed by atoms with Crippen molar-refractivity contribution >= 4 is 11.0 Å². The van der Waals surface area contributed by atoms with Gasteiger partial charge in [0, 0.05) is 5.39 Å². The van der Waals surface area contributed by atoms with Crippen LogP contribution in [0.3, 0.4) is 0 Å². The molecule has 2 rings (SSSR count). The number of fused-ring (bicyclic) bond motifs is 1. The molecule has 0 radical (unpaired) electrons. The second kappa shape index (κ2) is 5.32. The van der Waals surface area contributed by atoms with Crippen molar-refractivity contribution in [2.75, 3.05) is 0 Å². The number of hydrogen-bond donors (Lipinski definition) is 1. The van der Waals surface area contributed by atoms with Crippen LogP contribution in [-0.4, -0.2) is 0 Å². The molecule has 0 aliphatic heterocycles. The highest BCUT2D eigenvalue weighted by molar-refractivity contribution is 5.78. The zero-order chi connectivity index (χ0) is 12.3. The van der Waals surface area contributed by atoms with Crippen LogP contribution in [0.15, 0.2) is 28.7 Å². The van der Waals surface area contributed by atoms with Crippen molar-refractivity contribution in [3.63, 3.8) is 0 Å². The van der Waals surface area contributed by atoms with Gasteiger partial charge in [-0.15, -0.1) is 0 Å². The smallest absolute Gasteiger partial charge is 0.169 e. The van der Waals surface area contributed by atoms with Crippen molar-refractivity contribution in [2.45, 2.75) is 38.6 Å². The minimum absolute atomic E-state index is 0.131. The van der Waals surface area contributed by atoms with Crippen molar-refractivity contribution in [1.29, 1.82) is 0 Å². The molecule has 0 amide bonds. The first-order valence-electron chi connectivity index (χ1n) is 6.16. The SMILES string of the molecule is CCCCCC(N)c1cc2cccc(F)c2o1. The van der Waals surface area contributed by atoms with Crippen LogP contribution in [0.4, 0.5) is 4.39 Å². The first kappa shape index (κ1) is 12.1. The molecule has 3 heteroatoms. The average Bonchev–Trinajstić information content (AvgIpc) is 2.75. The fourth-order valence-corrected chi connectivity index (χ4v) is 1.99. The zero-order valence-electron chi connectivity index (χ0n) is 10.1. The van der Waals surface area contributed by atoms with Gasteiger partial charge < -0.3 is 10.2 Å². The van der Waals surface area contributed by atoms with Gasteiger partial charge in [0.05, 0.1) is 6.04 Å². The summed E-state index contributed by atoms with van der Waals surface area (Å²) in [7, 11) is 0. The lowest BCUT2D eigenvalue weighted by Gasteiger charge is -2.07. The lowest BCUT2D eigenvalue weighted by atomic mass is 10.1. The van der Waals surface area contributed by atoms with Crippen LogP contribution in [0, 0.1) is 5.82 Å². The number of para-hydroxylation sites is 1. The molecule has 1 atom stereocenters. The predicted molar refractivity (Wildman–Crippen MR) is 67.2 cm³/mol. The highest BCUT2D eigenvalue weighted by Gasteiger charge is 2.13. The summed E-state index contributed by atoms with van der Waals surface area (Å²) in [4.78, 5) is 0. The van der Waals surface area contributed by atoms with Crippen LogP contribution in [0.5, 0.6) is 0 Å². The van der Waals surface area contributed by atoms with Crippen molar-refractivity contribution in [1.82, 2.24) is 0 Å². The summed E-state index contributed by atoms with van der Waals surface area (Å²) in [6.45, 7) is 2.15. The highest BCUT2D eigenvalue weighted by Crippen LogP contribution is 2.27. The molecule has 0 saturated heterocycles. The molecule has 92 valence electrons. The molecule has 0 saturated carbocycles. The van der Waals surface area contributed by atoms with E-state index in [-0.39, 0.29) is 11.9 Å². The lowest BCUT2D eigenvalue weighted by molar-refractivity contribution is 0.454. The average molecular weight is 235 g/mol. The van der Waals surface area contributed by atoms with E-state index < -0.39 is 0 Å². The van der Waals surface area contributed by atoms with E-state index in [1.165, 1.54) is 18.9 Å². The molecule has 0 aliphatic rings. The summed E-state index contributed by atoms with van der Waals surface area (Å²) < 4.78 is 18.9. The second-order valence-electron chi connectivity index (χ2n) is 4.41. The van der Waals surface area contributed by atoms with Gasteiger partial charge in [-0.2, -0.15) is 0 Å². The van der Waals surface area contributed by atoms with Crippen molar-refractivity contribution in [3.05, 3.63) is 35.8 Å². The van der Waals surface area contributed by atoms with E-state index in [1.54, 1.807) is 6.07 Å². The Kier molecular flexibility index (Phi) is 3.79. The Hall–Kier alpha value is -1.35. The number of rotatable bonds is 5. The third kappa shape index (κ3) is 2.67. The number of unbranched alkanes of at least 4 members (excludes halogenated alkanes) is 2. The molecular weight excluding hydrogens is 217 g/mol. The summed E-state index contributed by atoms with van der Waals surface area (Å²) >= 11 is 0. The van der Waals surface area contributed by atoms with E-state index in [0.717, 1.165) is 18.2 Å².